The van der Waals surface area contributed by atoms with Gasteiger partial charge in [0.2, 0.25) is 0 Å². The summed E-state index contributed by atoms with van der Waals surface area (Å²) in [6.07, 6.45) is 5.01. The van der Waals surface area contributed by atoms with Crippen molar-refractivity contribution in [3.8, 4) is 0 Å². The van der Waals surface area contributed by atoms with Crippen molar-refractivity contribution in [1.29, 1.82) is 0 Å². The highest BCUT2D eigenvalue weighted by Gasteiger charge is 2.42. The van der Waals surface area contributed by atoms with Crippen molar-refractivity contribution in [3.63, 3.8) is 0 Å². The van der Waals surface area contributed by atoms with Crippen LogP contribution >= 0.6 is 12.2 Å². The molecular weight excluding hydrogens is 287 g/mol. The lowest BCUT2D eigenvalue weighted by molar-refractivity contribution is -0.0612. The number of aliphatic hydroxyl groups is 1. The molecule has 1 aliphatic heterocycles. The first-order chi connectivity index (χ1) is 9.99. The van der Waals surface area contributed by atoms with E-state index in [-0.39, 0.29) is 10.8 Å². The van der Waals surface area contributed by atoms with Crippen LogP contribution < -0.4 is 10.6 Å². The number of benzene rings is 1. The van der Waals surface area contributed by atoms with Crippen molar-refractivity contribution in [3.05, 3.63) is 29.6 Å². The molecule has 0 bridgehead atoms. The molecule has 1 aromatic rings. The fourth-order valence-corrected chi connectivity index (χ4v) is 3.87. The van der Waals surface area contributed by atoms with Crippen molar-refractivity contribution in [2.24, 2.45) is 11.7 Å². The van der Waals surface area contributed by atoms with E-state index in [0.29, 0.717) is 11.5 Å². The van der Waals surface area contributed by atoms with E-state index in [9.17, 15) is 9.50 Å². The van der Waals surface area contributed by atoms with Gasteiger partial charge in [0.15, 0.2) is 0 Å². The first-order valence-corrected chi connectivity index (χ1v) is 7.97. The van der Waals surface area contributed by atoms with E-state index in [2.05, 4.69) is 4.90 Å². The van der Waals surface area contributed by atoms with Gasteiger partial charge in [0, 0.05) is 30.3 Å². The van der Waals surface area contributed by atoms with Crippen molar-refractivity contribution in [1.82, 2.24) is 0 Å². The van der Waals surface area contributed by atoms with Crippen LogP contribution in [0.1, 0.15) is 37.7 Å². The molecule has 1 aromatic carbocycles. The Morgan fingerprint density at radius 3 is 2.90 bits per heavy atom. The normalized spacial score (nSPS) is 29.0. The summed E-state index contributed by atoms with van der Waals surface area (Å²) in [6.45, 7) is 1.56. The lowest BCUT2D eigenvalue weighted by Gasteiger charge is -2.48. The van der Waals surface area contributed by atoms with Crippen molar-refractivity contribution in [2.75, 3.05) is 18.0 Å². The predicted octanol–water partition coefficient (Wildman–Crippen LogP) is 2.59. The molecule has 2 fully saturated rings. The van der Waals surface area contributed by atoms with Gasteiger partial charge in [-0.1, -0.05) is 25.1 Å². The number of halogens is 1. The molecule has 0 amide bonds. The molecule has 0 spiro atoms. The van der Waals surface area contributed by atoms with Crippen LogP contribution in [0.15, 0.2) is 18.2 Å². The van der Waals surface area contributed by atoms with Gasteiger partial charge < -0.3 is 15.7 Å². The second kappa shape index (κ2) is 5.54. The molecule has 2 atom stereocenters. The zero-order valence-electron chi connectivity index (χ0n) is 12.0. The Bertz CT molecular complexity index is 565. The molecule has 3 N–H and O–H groups in total. The molecule has 2 unspecified atom stereocenters. The minimum Gasteiger partial charge on any atom is -0.389 e. The Labute approximate surface area is 129 Å². The molecule has 0 aromatic heterocycles. The summed E-state index contributed by atoms with van der Waals surface area (Å²) >= 11 is 4.83. The van der Waals surface area contributed by atoms with E-state index >= 15 is 0 Å². The molecule has 1 saturated carbocycles. The minimum absolute atomic E-state index is 0.0827. The highest BCUT2D eigenvalue weighted by atomic mass is 32.1. The van der Waals surface area contributed by atoms with Gasteiger partial charge in [0.1, 0.15) is 10.8 Å². The van der Waals surface area contributed by atoms with Gasteiger partial charge in [-0.25, -0.2) is 4.39 Å². The maximum absolute atomic E-state index is 14.0. The van der Waals surface area contributed by atoms with E-state index in [1.165, 1.54) is 12.5 Å². The monoisotopic (exact) mass is 308 g/mol. The van der Waals surface area contributed by atoms with Crippen LogP contribution in [0.2, 0.25) is 0 Å². The van der Waals surface area contributed by atoms with E-state index in [4.69, 9.17) is 18.0 Å². The van der Waals surface area contributed by atoms with Gasteiger partial charge in [-0.05, 0) is 37.5 Å². The van der Waals surface area contributed by atoms with E-state index in [0.717, 1.165) is 44.5 Å². The van der Waals surface area contributed by atoms with Gasteiger partial charge in [0.05, 0.1) is 5.60 Å². The number of piperidine rings is 1. The molecule has 5 heteroatoms. The van der Waals surface area contributed by atoms with Crippen molar-refractivity contribution in [2.45, 2.75) is 37.7 Å². The fourth-order valence-electron chi connectivity index (χ4n) is 3.71. The van der Waals surface area contributed by atoms with Gasteiger partial charge in [-0.2, -0.15) is 0 Å². The molecule has 0 radical (unpaired) electrons. The maximum Gasteiger partial charge on any atom is 0.135 e. The van der Waals surface area contributed by atoms with Gasteiger partial charge >= 0.3 is 0 Å². The Morgan fingerprint density at radius 2 is 2.19 bits per heavy atom. The third-order valence-electron chi connectivity index (χ3n) is 5.01. The van der Waals surface area contributed by atoms with E-state index < -0.39 is 5.60 Å². The SMILES string of the molecule is NC(=S)c1ccc(N2CCC3(O)CCCCC3C2)cc1F. The van der Waals surface area contributed by atoms with Gasteiger partial charge in [-0.3, -0.25) is 0 Å². The smallest absolute Gasteiger partial charge is 0.135 e. The number of hydrogen-bond acceptors (Lipinski definition) is 3. The number of anilines is 1. The molecule has 1 heterocycles. The van der Waals surface area contributed by atoms with Crippen LogP contribution in [-0.4, -0.2) is 28.8 Å². The number of rotatable bonds is 2. The van der Waals surface area contributed by atoms with Crippen LogP contribution in [0, 0.1) is 11.7 Å². The zero-order chi connectivity index (χ0) is 15.0. The summed E-state index contributed by atoms with van der Waals surface area (Å²) in [6, 6.07) is 5.02. The third kappa shape index (κ3) is 2.77. The summed E-state index contributed by atoms with van der Waals surface area (Å²) in [4.78, 5) is 2.25. The fraction of sp³-hybridized carbons (Fsp3) is 0.562. The number of fused-ring (bicyclic) bond motifs is 1. The lowest BCUT2D eigenvalue weighted by Crippen LogP contribution is -2.53. The average Bonchev–Trinajstić information content (AvgIpc) is 2.45. The molecule has 3 nitrogen and oxygen atoms in total. The highest BCUT2D eigenvalue weighted by molar-refractivity contribution is 7.80. The van der Waals surface area contributed by atoms with Gasteiger partial charge in [0.25, 0.3) is 0 Å². The molecular formula is C16H21FN2OS. The summed E-state index contributed by atoms with van der Waals surface area (Å²) in [5.74, 6) is -0.0807. The maximum atomic E-state index is 14.0. The number of thiocarbonyl (C=S) groups is 1. The van der Waals surface area contributed by atoms with Crippen LogP contribution in [0.4, 0.5) is 10.1 Å². The molecule has 2 aliphatic rings. The van der Waals surface area contributed by atoms with Crippen molar-refractivity contribution >= 4 is 22.9 Å². The van der Waals surface area contributed by atoms with Crippen LogP contribution in [-0.2, 0) is 0 Å². The largest absolute Gasteiger partial charge is 0.389 e. The summed E-state index contributed by atoms with van der Waals surface area (Å²) in [7, 11) is 0. The summed E-state index contributed by atoms with van der Waals surface area (Å²) in [5.41, 5.74) is 6.12. The quantitative estimate of drug-likeness (QED) is 0.825. The number of nitrogens with zero attached hydrogens (tertiary/aromatic N) is 1. The predicted molar refractivity (Wildman–Crippen MR) is 86.0 cm³/mol. The Hall–Kier alpha value is -1.20. The molecule has 114 valence electrons. The third-order valence-corrected chi connectivity index (χ3v) is 5.23. The molecule has 21 heavy (non-hydrogen) atoms. The average molecular weight is 308 g/mol. The topological polar surface area (TPSA) is 49.5 Å². The molecule has 1 saturated heterocycles. The van der Waals surface area contributed by atoms with Crippen molar-refractivity contribution < 1.29 is 9.50 Å². The zero-order valence-corrected chi connectivity index (χ0v) is 12.8. The first kappa shape index (κ1) is 14.7. The van der Waals surface area contributed by atoms with Crippen LogP contribution in [0.3, 0.4) is 0 Å². The highest BCUT2D eigenvalue weighted by Crippen LogP contribution is 2.40. The second-order valence-electron chi connectivity index (χ2n) is 6.27. The number of hydrogen-bond donors (Lipinski definition) is 2. The van der Waals surface area contributed by atoms with Crippen LogP contribution in [0.25, 0.3) is 0 Å². The van der Waals surface area contributed by atoms with Crippen LogP contribution in [0.5, 0.6) is 0 Å². The first-order valence-electron chi connectivity index (χ1n) is 7.56. The molecule has 3 rings (SSSR count). The Morgan fingerprint density at radius 1 is 1.38 bits per heavy atom. The number of nitrogens with two attached hydrogens (primary N) is 1. The molecule has 1 aliphatic carbocycles. The van der Waals surface area contributed by atoms with E-state index in [1.54, 1.807) is 6.07 Å². The Balaban J connectivity index is 1.79. The second-order valence-corrected chi connectivity index (χ2v) is 6.71. The van der Waals surface area contributed by atoms with E-state index in [1.807, 2.05) is 6.07 Å². The Kier molecular flexibility index (Phi) is 3.88. The standard InChI is InChI=1S/C16H21FN2OS/c17-14-9-12(4-5-13(14)15(18)21)19-8-7-16(20)6-2-1-3-11(16)10-19/h4-5,9,11,20H,1-3,6-8,10H2,(H2,18,21). The summed E-state index contributed by atoms with van der Waals surface area (Å²) < 4.78 is 14.0. The summed E-state index contributed by atoms with van der Waals surface area (Å²) in [5, 5.41) is 10.7. The van der Waals surface area contributed by atoms with Gasteiger partial charge in [-0.15, -0.1) is 0 Å². The lowest BCUT2D eigenvalue weighted by atomic mass is 9.71. The minimum atomic E-state index is -0.508.